The number of anilines is 6. The Balaban J connectivity index is 1.10. The number of hydrogen-bond donors (Lipinski definition) is 0. The normalized spacial score (nSPS) is 12.1. The highest BCUT2D eigenvalue weighted by Gasteiger charge is 2.28. The van der Waals surface area contributed by atoms with Gasteiger partial charge in [-0.1, -0.05) is 219 Å². The van der Waals surface area contributed by atoms with Gasteiger partial charge in [-0.05, 0) is 173 Å². The Morgan fingerprint density at radius 1 is 0.385 bits per heavy atom. The zero-order valence-electron chi connectivity index (χ0n) is 46.1. The Morgan fingerprint density at radius 2 is 0.833 bits per heavy atom. The fourth-order valence-corrected chi connectivity index (χ4v) is 12.5. The Labute approximate surface area is 469 Å². The van der Waals surface area contributed by atoms with Crippen molar-refractivity contribution < 1.29 is 0 Å². The first-order valence-corrected chi connectivity index (χ1v) is 28.6. The Bertz CT molecular complexity index is 4160. The van der Waals surface area contributed by atoms with Crippen LogP contribution in [-0.2, 0) is 10.8 Å². The van der Waals surface area contributed by atoms with Crippen molar-refractivity contribution in [2.75, 3.05) is 9.80 Å². The third-order valence-electron chi connectivity index (χ3n) is 15.7. The van der Waals surface area contributed by atoms with Gasteiger partial charge in [-0.15, -0.1) is 11.3 Å². The molecular weight excluding hydrogens is 984 g/mol. The molecule has 78 heavy (non-hydrogen) atoms. The topological polar surface area (TPSA) is 6.48 Å². The molecule has 0 fully saturated rings. The number of nitrogens with zero attached hydrogens (tertiary/aromatic N) is 2. The largest absolute Gasteiger partial charge is 0.308 e. The summed E-state index contributed by atoms with van der Waals surface area (Å²) >= 11 is 10.1. The molecule has 2 nitrogen and oxygen atoms in total. The third kappa shape index (κ3) is 9.44. The van der Waals surface area contributed by atoms with Crippen LogP contribution in [0.5, 0.6) is 0 Å². The number of thiophene rings is 1. The van der Waals surface area contributed by atoms with Gasteiger partial charge in [0.25, 0.3) is 0 Å². The van der Waals surface area contributed by atoms with Crippen LogP contribution in [0.4, 0.5) is 34.1 Å². The van der Waals surface area contributed by atoms with Crippen LogP contribution in [0.3, 0.4) is 0 Å². The van der Waals surface area contributed by atoms with Crippen molar-refractivity contribution in [2.24, 2.45) is 0 Å². The van der Waals surface area contributed by atoms with Gasteiger partial charge >= 0.3 is 0 Å². The van der Waals surface area contributed by atoms with Crippen LogP contribution in [0.15, 0.2) is 224 Å². The number of benzene rings is 11. The van der Waals surface area contributed by atoms with Crippen molar-refractivity contribution in [1.29, 1.82) is 0 Å². The molecule has 12 rings (SSSR count). The van der Waals surface area contributed by atoms with E-state index in [4.69, 9.17) is 11.6 Å². The first kappa shape index (κ1) is 50.8. The number of hydrogen-bond acceptors (Lipinski definition) is 3. The minimum atomic E-state index is -0.120. The molecule has 0 bridgehead atoms. The maximum absolute atomic E-state index is 8.29. The average Bonchev–Trinajstić information content (AvgIpc) is 4.04. The van der Waals surface area contributed by atoms with Crippen molar-refractivity contribution in [3.63, 3.8) is 0 Å². The van der Waals surface area contributed by atoms with Gasteiger partial charge in [0.2, 0.25) is 0 Å². The highest BCUT2D eigenvalue weighted by Crippen LogP contribution is 2.52. The molecule has 384 valence electrons. The Morgan fingerprint density at radius 3 is 1.38 bits per heavy atom. The molecule has 0 unspecified atom stereocenters. The first-order valence-electron chi connectivity index (χ1n) is 27.4. The monoisotopic (exact) mass is 1050 g/mol. The lowest BCUT2D eigenvalue weighted by Crippen LogP contribution is -2.17. The van der Waals surface area contributed by atoms with E-state index < -0.39 is 0 Å². The second-order valence-corrected chi connectivity index (χ2v) is 24.7. The molecule has 0 atom stereocenters. The third-order valence-corrected chi connectivity index (χ3v) is 17.1. The summed E-state index contributed by atoms with van der Waals surface area (Å²) in [5, 5.41) is 11.7. The van der Waals surface area contributed by atoms with E-state index in [9.17, 15) is 0 Å². The lowest BCUT2D eigenvalue weighted by atomic mass is 9.84. The summed E-state index contributed by atoms with van der Waals surface area (Å²) in [6.07, 6.45) is 0. The predicted molar refractivity (Wildman–Crippen MR) is 341 cm³/mol. The summed E-state index contributed by atoms with van der Waals surface area (Å²) < 4.78 is 1.24. The van der Waals surface area contributed by atoms with E-state index in [0.29, 0.717) is 10.9 Å². The molecule has 4 heteroatoms. The molecular formula is C74H65ClN2S. The van der Waals surface area contributed by atoms with E-state index in [0.717, 1.165) is 61.9 Å². The molecule has 0 saturated carbocycles. The molecule has 12 aromatic rings. The van der Waals surface area contributed by atoms with Gasteiger partial charge in [0.15, 0.2) is 0 Å². The summed E-state index contributed by atoms with van der Waals surface area (Å²) in [7, 11) is 0. The van der Waals surface area contributed by atoms with Gasteiger partial charge in [-0.25, -0.2) is 0 Å². The fourth-order valence-electron chi connectivity index (χ4n) is 11.3. The molecule has 0 aliphatic rings. The lowest BCUT2D eigenvalue weighted by Gasteiger charge is -2.33. The fraction of sp³-hybridized carbons (Fsp3) is 0.162. The number of halogens is 1. The van der Waals surface area contributed by atoms with E-state index in [1.165, 1.54) is 70.2 Å². The van der Waals surface area contributed by atoms with Crippen molar-refractivity contribution in [3.05, 3.63) is 251 Å². The van der Waals surface area contributed by atoms with E-state index in [1.54, 1.807) is 11.3 Å². The number of rotatable bonds is 10. The van der Waals surface area contributed by atoms with E-state index in [-0.39, 0.29) is 10.8 Å². The summed E-state index contributed by atoms with van der Waals surface area (Å²) in [6, 6.07) is 81.0. The van der Waals surface area contributed by atoms with Crippen molar-refractivity contribution in [2.45, 2.75) is 79.1 Å². The van der Waals surface area contributed by atoms with Crippen LogP contribution in [0.1, 0.15) is 83.6 Å². The van der Waals surface area contributed by atoms with E-state index in [2.05, 4.69) is 296 Å². The van der Waals surface area contributed by atoms with Crippen molar-refractivity contribution in [3.8, 4) is 33.4 Å². The van der Waals surface area contributed by atoms with Gasteiger partial charge < -0.3 is 9.80 Å². The highest BCUT2D eigenvalue weighted by molar-refractivity contribution is 7.17. The van der Waals surface area contributed by atoms with Crippen LogP contribution < -0.4 is 9.80 Å². The molecule has 0 aliphatic carbocycles. The second kappa shape index (κ2) is 20.1. The van der Waals surface area contributed by atoms with Gasteiger partial charge in [-0.2, -0.15) is 0 Å². The maximum Gasteiger partial charge on any atom is 0.0887 e. The number of aryl methyl sites for hydroxylation is 1. The highest BCUT2D eigenvalue weighted by atomic mass is 35.5. The molecule has 1 heterocycles. The minimum Gasteiger partial charge on any atom is -0.308 e. The Kier molecular flexibility index (Phi) is 13.1. The standard InChI is InChI=1S/C74H65ClN2S/c1-47(2)49-27-34-58(35-28-49)77(70-46-78-71-40-33-56(45-66(70)71)74(7,8)9)69-42-48(3)41-68(72(69)75)76(57-36-29-53(30-37-57)52-25-23-51(24-26-52)50-17-11-10-12-18-50)67-39-32-55(73(4,5)6)44-64(67)54-31-38-63-61-21-14-13-19-59(61)60-20-15-16-22-62(60)65(63)43-54/h10-47H,1-9H3. The summed E-state index contributed by atoms with van der Waals surface area (Å²) in [5.41, 5.74) is 17.8. The van der Waals surface area contributed by atoms with Crippen molar-refractivity contribution in [1.82, 2.24) is 0 Å². The summed E-state index contributed by atoms with van der Waals surface area (Å²) in [5.74, 6) is 0.395. The van der Waals surface area contributed by atoms with E-state index in [1.807, 2.05) is 0 Å². The van der Waals surface area contributed by atoms with Crippen molar-refractivity contribution >= 4 is 99.5 Å². The van der Waals surface area contributed by atoms with Crippen LogP contribution in [-0.4, -0.2) is 0 Å². The maximum atomic E-state index is 8.29. The minimum absolute atomic E-state index is 0.0286. The molecule has 0 aliphatic heterocycles. The average molecular weight is 1050 g/mol. The van der Waals surface area contributed by atoms with Gasteiger partial charge in [0.1, 0.15) is 0 Å². The Hall–Kier alpha value is -7.95. The smallest absolute Gasteiger partial charge is 0.0887 e. The quantitative estimate of drug-likeness (QED) is 0.126. The van der Waals surface area contributed by atoms with Crippen LogP contribution >= 0.6 is 22.9 Å². The zero-order valence-corrected chi connectivity index (χ0v) is 47.7. The molecule has 0 spiro atoms. The summed E-state index contributed by atoms with van der Waals surface area (Å²) in [4.78, 5) is 4.81. The SMILES string of the molecule is Cc1cc(N(c2ccc(-c3ccc(-c4ccccc4)cc3)cc2)c2ccc(C(C)(C)C)cc2-c2ccc3c4ccccc4c4ccccc4c3c2)c(Cl)c(N(c2ccc(C(C)C)cc2)c2csc3ccc(C(C)(C)C)cc23)c1. The molecule has 0 radical (unpaired) electrons. The lowest BCUT2D eigenvalue weighted by molar-refractivity contribution is 0.590. The molecule has 1 aromatic heterocycles. The van der Waals surface area contributed by atoms with Crippen LogP contribution in [0.25, 0.3) is 75.8 Å². The predicted octanol–water partition coefficient (Wildman–Crippen LogP) is 23.0. The van der Waals surface area contributed by atoms with Crippen LogP contribution in [0.2, 0.25) is 5.02 Å². The molecule has 0 amide bonds. The molecule has 0 saturated heterocycles. The van der Waals surface area contributed by atoms with Crippen LogP contribution in [0, 0.1) is 6.92 Å². The van der Waals surface area contributed by atoms with Gasteiger partial charge in [0.05, 0.1) is 27.8 Å². The second-order valence-electron chi connectivity index (χ2n) is 23.4. The molecule has 11 aromatic carbocycles. The summed E-state index contributed by atoms with van der Waals surface area (Å²) in [6.45, 7) is 20.5. The van der Waals surface area contributed by atoms with Gasteiger partial charge in [0, 0.05) is 32.4 Å². The van der Waals surface area contributed by atoms with E-state index >= 15 is 0 Å². The molecule has 0 N–H and O–H groups in total. The first-order chi connectivity index (χ1) is 37.6. The van der Waals surface area contributed by atoms with Gasteiger partial charge in [-0.3, -0.25) is 0 Å². The zero-order chi connectivity index (χ0) is 54.0. The number of fused-ring (bicyclic) bond motifs is 7.